The lowest BCUT2D eigenvalue weighted by molar-refractivity contribution is -0.115. The highest BCUT2D eigenvalue weighted by Crippen LogP contribution is 2.19. The minimum atomic E-state index is -0.218. The average molecular weight is 335 g/mol. The summed E-state index contributed by atoms with van der Waals surface area (Å²) in [6.45, 7) is 0. The smallest absolute Gasteiger partial charge is 0.252 e. The van der Waals surface area contributed by atoms with Crippen molar-refractivity contribution in [1.82, 2.24) is 39.8 Å². The molecule has 0 saturated heterocycles. The Labute approximate surface area is 141 Å². The van der Waals surface area contributed by atoms with E-state index in [1.54, 1.807) is 36.3 Å². The standard InChI is InChI=1S/C15H13N9O/c1-23-14(19-21-22-23)10-4-2-5-11(8-10)17-13(25)9-12-18-15-16-6-3-7-24(15)20-12/h2-8H,9H2,1H3,(H,17,25). The number of anilines is 1. The summed E-state index contributed by atoms with van der Waals surface area (Å²) in [4.78, 5) is 20.5. The van der Waals surface area contributed by atoms with Gasteiger partial charge in [-0.3, -0.25) is 4.79 Å². The van der Waals surface area contributed by atoms with E-state index < -0.39 is 0 Å². The summed E-state index contributed by atoms with van der Waals surface area (Å²) in [7, 11) is 1.75. The van der Waals surface area contributed by atoms with Gasteiger partial charge in [-0.15, -0.1) is 10.2 Å². The second-order valence-electron chi connectivity index (χ2n) is 5.32. The molecule has 0 aliphatic heterocycles. The summed E-state index contributed by atoms with van der Waals surface area (Å²) in [6, 6.07) is 9.05. The quantitative estimate of drug-likeness (QED) is 0.577. The molecule has 1 N–H and O–H groups in total. The van der Waals surface area contributed by atoms with Crippen LogP contribution in [-0.4, -0.2) is 45.7 Å². The molecule has 0 atom stereocenters. The molecule has 3 heterocycles. The molecule has 0 aliphatic carbocycles. The zero-order valence-corrected chi connectivity index (χ0v) is 13.2. The number of amides is 1. The number of nitrogens with zero attached hydrogens (tertiary/aromatic N) is 8. The number of nitrogens with one attached hydrogen (secondary N) is 1. The van der Waals surface area contributed by atoms with Gasteiger partial charge in [0, 0.05) is 30.7 Å². The number of benzene rings is 1. The van der Waals surface area contributed by atoms with E-state index in [9.17, 15) is 4.79 Å². The fraction of sp³-hybridized carbons (Fsp3) is 0.133. The van der Waals surface area contributed by atoms with Gasteiger partial charge in [-0.25, -0.2) is 14.2 Å². The lowest BCUT2D eigenvalue weighted by Crippen LogP contribution is -2.15. The van der Waals surface area contributed by atoms with Crippen LogP contribution in [0.5, 0.6) is 0 Å². The first-order valence-corrected chi connectivity index (χ1v) is 7.48. The molecule has 0 spiro atoms. The average Bonchev–Trinajstić information content (AvgIpc) is 3.20. The molecule has 4 aromatic rings. The third kappa shape index (κ3) is 3.04. The Morgan fingerprint density at radius 1 is 1.28 bits per heavy atom. The molecule has 0 aliphatic rings. The first-order chi connectivity index (χ1) is 12.2. The van der Waals surface area contributed by atoms with Crippen LogP contribution in [0, 0.1) is 0 Å². The highest BCUT2D eigenvalue weighted by Gasteiger charge is 2.11. The molecule has 10 nitrogen and oxygen atoms in total. The van der Waals surface area contributed by atoms with Gasteiger partial charge in [-0.1, -0.05) is 12.1 Å². The van der Waals surface area contributed by atoms with Crippen LogP contribution in [0.1, 0.15) is 5.82 Å². The number of fused-ring (bicyclic) bond motifs is 1. The number of carbonyl (C=O) groups is 1. The van der Waals surface area contributed by atoms with Gasteiger partial charge < -0.3 is 5.32 Å². The Kier molecular flexibility index (Phi) is 3.61. The summed E-state index contributed by atoms with van der Waals surface area (Å²) in [6.07, 6.45) is 3.41. The Morgan fingerprint density at radius 3 is 3.00 bits per heavy atom. The summed E-state index contributed by atoms with van der Waals surface area (Å²) in [5, 5.41) is 18.4. The second kappa shape index (κ2) is 6.07. The van der Waals surface area contributed by atoms with Gasteiger partial charge >= 0.3 is 0 Å². The molecule has 0 bridgehead atoms. The number of hydrogen-bond donors (Lipinski definition) is 1. The summed E-state index contributed by atoms with van der Waals surface area (Å²) >= 11 is 0. The van der Waals surface area contributed by atoms with Crippen molar-refractivity contribution in [3.63, 3.8) is 0 Å². The van der Waals surface area contributed by atoms with E-state index in [1.807, 2.05) is 18.2 Å². The lowest BCUT2D eigenvalue weighted by atomic mass is 10.2. The molecule has 4 rings (SSSR count). The van der Waals surface area contributed by atoms with E-state index in [0.29, 0.717) is 23.1 Å². The van der Waals surface area contributed by atoms with Gasteiger partial charge in [0.15, 0.2) is 11.6 Å². The number of aromatic nitrogens is 8. The lowest BCUT2D eigenvalue weighted by Gasteiger charge is -2.05. The first kappa shape index (κ1) is 14.9. The van der Waals surface area contributed by atoms with Crippen molar-refractivity contribution in [3.8, 4) is 11.4 Å². The van der Waals surface area contributed by atoms with Crippen LogP contribution < -0.4 is 5.32 Å². The van der Waals surface area contributed by atoms with Gasteiger partial charge in [0.05, 0.1) is 6.42 Å². The predicted octanol–water partition coefficient (Wildman–Crippen LogP) is 0.496. The van der Waals surface area contributed by atoms with Crippen molar-refractivity contribution in [2.75, 3.05) is 5.32 Å². The molecule has 0 saturated carbocycles. The van der Waals surface area contributed by atoms with E-state index in [0.717, 1.165) is 5.56 Å². The van der Waals surface area contributed by atoms with Crippen LogP contribution in [-0.2, 0) is 18.3 Å². The van der Waals surface area contributed by atoms with Crippen molar-refractivity contribution in [2.24, 2.45) is 7.05 Å². The fourth-order valence-electron chi connectivity index (χ4n) is 2.41. The Balaban J connectivity index is 1.50. The van der Waals surface area contributed by atoms with Gasteiger partial charge in [0.25, 0.3) is 5.78 Å². The maximum absolute atomic E-state index is 12.3. The molecule has 0 radical (unpaired) electrons. The van der Waals surface area contributed by atoms with Gasteiger partial charge in [-0.2, -0.15) is 4.98 Å². The van der Waals surface area contributed by atoms with Crippen molar-refractivity contribution in [1.29, 1.82) is 0 Å². The van der Waals surface area contributed by atoms with Crippen LogP contribution in [0.15, 0.2) is 42.7 Å². The number of aryl methyl sites for hydroxylation is 1. The second-order valence-corrected chi connectivity index (χ2v) is 5.32. The maximum Gasteiger partial charge on any atom is 0.252 e. The van der Waals surface area contributed by atoms with Crippen molar-refractivity contribution in [3.05, 3.63) is 48.5 Å². The highest BCUT2D eigenvalue weighted by atomic mass is 16.1. The molecule has 10 heteroatoms. The molecule has 0 unspecified atom stereocenters. The van der Waals surface area contributed by atoms with Crippen LogP contribution in [0.2, 0.25) is 0 Å². The molecular weight excluding hydrogens is 322 g/mol. The first-order valence-electron chi connectivity index (χ1n) is 7.48. The minimum absolute atomic E-state index is 0.0547. The molecule has 1 amide bonds. The van der Waals surface area contributed by atoms with E-state index in [1.165, 1.54) is 4.52 Å². The molecule has 0 fully saturated rings. The number of hydrogen-bond acceptors (Lipinski definition) is 7. The van der Waals surface area contributed by atoms with Gasteiger partial charge in [-0.05, 0) is 28.6 Å². The van der Waals surface area contributed by atoms with Crippen molar-refractivity contribution < 1.29 is 4.79 Å². The number of carbonyl (C=O) groups excluding carboxylic acids is 1. The molecular formula is C15H13N9O. The number of tetrazole rings is 1. The third-order valence-corrected chi connectivity index (χ3v) is 3.50. The van der Waals surface area contributed by atoms with E-state index >= 15 is 0 Å². The molecule has 124 valence electrons. The SMILES string of the molecule is Cn1nnnc1-c1cccc(NC(=O)Cc2nc3ncccn3n2)c1. The third-order valence-electron chi connectivity index (χ3n) is 3.50. The van der Waals surface area contributed by atoms with E-state index in [4.69, 9.17) is 0 Å². The van der Waals surface area contributed by atoms with Crippen LogP contribution in [0.4, 0.5) is 5.69 Å². The maximum atomic E-state index is 12.3. The highest BCUT2D eigenvalue weighted by molar-refractivity contribution is 5.92. The summed E-state index contributed by atoms with van der Waals surface area (Å²) < 4.78 is 3.10. The zero-order valence-electron chi connectivity index (χ0n) is 13.2. The van der Waals surface area contributed by atoms with Crippen LogP contribution in [0.3, 0.4) is 0 Å². The predicted molar refractivity (Wildman–Crippen MR) is 87.3 cm³/mol. The largest absolute Gasteiger partial charge is 0.326 e. The number of rotatable bonds is 4. The van der Waals surface area contributed by atoms with Crippen LogP contribution in [0.25, 0.3) is 17.2 Å². The molecule has 1 aromatic carbocycles. The van der Waals surface area contributed by atoms with Crippen molar-refractivity contribution >= 4 is 17.4 Å². The normalized spacial score (nSPS) is 10.9. The minimum Gasteiger partial charge on any atom is -0.326 e. The Morgan fingerprint density at radius 2 is 2.20 bits per heavy atom. The topological polar surface area (TPSA) is 116 Å². The van der Waals surface area contributed by atoms with E-state index in [-0.39, 0.29) is 12.3 Å². The van der Waals surface area contributed by atoms with Crippen LogP contribution >= 0.6 is 0 Å². The monoisotopic (exact) mass is 335 g/mol. The zero-order chi connectivity index (χ0) is 17.2. The molecule has 25 heavy (non-hydrogen) atoms. The van der Waals surface area contributed by atoms with Gasteiger partial charge in [0.1, 0.15) is 0 Å². The Hall–Kier alpha value is -3.69. The van der Waals surface area contributed by atoms with Gasteiger partial charge in [0.2, 0.25) is 5.91 Å². The summed E-state index contributed by atoms with van der Waals surface area (Å²) in [5.41, 5.74) is 1.45. The molecule has 3 aromatic heterocycles. The Bertz CT molecular complexity index is 1020. The van der Waals surface area contributed by atoms with Crippen molar-refractivity contribution in [2.45, 2.75) is 6.42 Å². The fourth-order valence-corrected chi connectivity index (χ4v) is 2.41. The van der Waals surface area contributed by atoms with E-state index in [2.05, 4.69) is 35.9 Å². The summed E-state index contributed by atoms with van der Waals surface area (Å²) in [5.74, 6) is 1.26.